The van der Waals surface area contributed by atoms with Gasteiger partial charge in [0.25, 0.3) is 0 Å². The van der Waals surface area contributed by atoms with Gasteiger partial charge in [0.2, 0.25) is 11.8 Å². The monoisotopic (exact) mass is 315 g/mol. The second-order valence-electron chi connectivity index (χ2n) is 4.96. The first kappa shape index (κ1) is 16.9. The van der Waals surface area contributed by atoms with E-state index in [0.29, 0.717) is 25.6 Å². The molecule has 1 heterocycles. The number of carbonyl (C=O) groups is 1. The normalized spacial score (nSPS) is 10.3. The first-order valence-corrected chi connectivity index (χ1v) is 7.57. The van der Waals surface area contributed by atoms with Crippen LogP contribution in [-0.4, -0.2) is 42.5 Å². The van der Waals surface area contributed by atoms with E-state index in [1.54, 1.807) is 6.07 Å². The molecule has 1 amide bonds. The van der Waals surface area contributed by atoms with Gasteiger partial charge in [-0.25, -0.2) is 0 Å². The molecule has 0 aliphatic rings. The summed E-state index contributed by atoms with van der Waals surface area (Å²) in [7, 11) is 0. The van der Waals surface area contributed by atoms with Crippen molar-refractivity contribution in [3.63, 3.8) is 0 Å². The van der Waals surface area contributed by atoms with Crippen LogP contribution in [0.5, 0.6) is 5.88 Å². The number of aryl methyl sites for hydroxylation is 1. The van der Waals surface area contributed by atoms with E-state index >= 15 is 0 Å². The van der Waals surface area contributed by atoms with Gasteiger partial charge < -0.3 is 14.8 Å². The zero-order valence-electron chi connectivity index (χ0n) is 13.4. The van der Waals surface area contributed by atoms with Crippen LogP contribution in [-0.2, 0) is 9.53 Å². The van der Waals surface area contributed by atoms with E-state index in [1.807, 2.05) is 44.2 Å². The van der Waals surface area contributed by atoms with Crippen molar-refractivity contribution in [2.45, 2.75) is 13.8 Å². The standard InChI is InChI=1S/C17H21N3O3/c1-3-22-12-16(21)18-10-11-23-17-9-8-15(19-20-17)14-6-4-13(2)5-7-14/h4-9H,3,10-12H2,1-2H3,(H,18,21). The minimum atomic E-state index is -0.156. The van der Waals surface area contributed by atoms with Gasteiger partial charge in [-0.3, -0.25) is 4.79 Å². The van der Waals surface area contributed by atoms with Crippen molar-refractivity contribution in [1.29, 1.82) is 0 Å². The maximum Gasteiger partial charge on any atom is 0.246 e. The van der Waals surface area contributed by atoms with Gasteiger partial charge in [-0.05, 0) is 19.9 Å². The van der Waals surface area contributed by atoms with Crippen molar-refractivity contribution >= 4 is 5.91 Å². The molecule has 0 saturated carbocycles. The second-order valence-corrected chi connectivity index (χ2v) is 4.96. The molecule has 0 aliphatic heterocycles. The fourth-order valence-corrected chi connectivity index (χ4v) is 1.87. The molecule has 6 nitrogen and oxygen atoms in total. The molecule has 23 heavy (non-hydrogen) atoms. The summed E-state index contributed by atoms with van der Waals surface area (Å²) in [5.41, 5.74) is 3.01. The highest BCUT2D eigenvalue weighted by Crippen LogP contribution is 2.18. The van der Waals surface area contributed by atoms with Crippen molar-refractivity contribution in [3.8, 4) is 17.1 Å². The van der Waals surface area contributed by atoms with Crippen LogP contribution < -0.4 is 10.1 Å². The van der Waals surface area contributed by atoms with Crippen LogP contribution in [0.25, 0.3) is 11.3 Å². The van der Waals surface area contributed by atoms with Crippen LogP contribution in [0.15, 0.2) is 36.4 Å². The number of hydrogen-bond acceptors (Lipinski definition) is 5. The summed E-state index contributed by atoms with van der Waals surface area (Å²) in [6.07, 6.45) is 0. The Kier molecular flexibility index (Phi) is 6.50. The summed E-state index contributed by atoms with van der Waals surface area (Å²) in [5, 5.41) is 10.9. The highest BCUT2D eigenvalue weighted by molar-refractivity contribution is 5.77. The Morgan fingerprint density at radius 2 is 1.91 bits per heavy atom. The molecule has 0 spiro atoms. The van der Waals surface area contributed by atoms with Gasteiger partial charge >= 0.3 is 0 Å². The summed E-state index contributed by atoms with van der Waals surface area (Å²) in [6.45, 7) is 5.20. The third kappa shape index (κ3) is 5.67. The van der Waals surface area contributed by atoms with E-state index in [9.17, 15) is 4.79 Å². The van der Waals surface area contributed by atoms with E-state index in [2.05, 4.69) is 15.5 Å². The molecule has 1 aromatic carbocycles. The second kappa shape index (κ2) is 8.85. The maximum absolute atomic E-state index is 11.3. The zero-order valence-corrected chi connectivity index (χ0v) is 13.4. The molecule has 2 rings (SSSR count). The smallest absolute Gasteiger partial charge is 0.246 e. The van der Waals surface area contributed by atoms with Gasteiger partial charge in [0, 0.05) is 18.2 Å². The molecule has 2 aromatic rings. The van der Waals surface area contributed by atoms with Crippen molar-refractivity contribution in [2.24, 2.45) is 0 Å². The summed E-state index contributed by atoms with van der Waals surface area (Å²) in [4.78, 5) is 11.3. The molecule has 0 aliphatic carbocycles. The zero-order chi connectivity index (χ0) is 16.5. The van der Waals surface area contributed by atoms with Crippen LogP contribution in [0.3, 0.4) is 0 Å². The van der Waals surface area contributed by atoms with Crippen molar-refractivity contribution in [1.82, 2.24) is 15.5 Å². The van der Waals surface area contributed by atoms with Crippen molar-refractivity contribution < 1.29 is 14.3 Å². The molecule has 0 radical (unpaired) electrons. The van der Waals surface area contributed by atoms with Crippen LogP contribution in [0.2, 0.25) is 0 Å². The van der Waals surface area contributed by atoms with E-state index in [-0.39, 0.29) is 12.5 Å². The largest absolute Gasteiger partial charge is 0.475 e. The number of nitrogens with one attached hydrogen (secondary N) is 1. The minimum Gasteiger partial charge on any atom is -0.475 e. The van der Waals surface area contributed by atoms with E-state index < -0.39 is 0 Å². The van der Waals surface area contributed by atoms with E-state index in [1.165, 1.54) is 5.56 Å². The molecular weight excluding hydrogens is 294 g/mol. The Balaban J connectivity index is 1.77. The third-order valence-electron chi connectivity index (χ3n) is 3.10. The molecule has 0 saturated heterocycles. The highest BCUT2D eigenvalue weighted by Gasteiger charge is 2.03. The maximum atomic E-state index is 11.3. The Hall–Kier alpha value is -2.47. The fourth-order valence-electron chi connectivity index (χ4n) is 1.87. The lowest BCUT2D eigenvalue weighted by atomic mass is 10.1. The quantitative estimate of drug-likeness (QED) is 0.754. The third-order valence-corrected chi connectivity index (χ3v) is 3.10. The van der Waals surface area contributed by atoms with Gasteiger partial charge in [-0.1, -0.05) is 29.8 Å². The van der Waals surface area contributed by atoms with Gasteiger partial charge in [0.1, 0.15) is 13.2 Å². The minimum absolute atomic E-state index is 0.0710. The van der Waals surface area contributed by atoms with Crippen molar-refractivity contribution in [3.05, 3.63) is 42.0 Å². The first-order chi connectivity index (χ1) is 11.2. The highest BCUT2D eigenvalue weighted by atomic mass is 16.5. The average molecular weight is 315 g/mol. The lowest BCUT2D eigenvalue weighted by molar-refractivity contribution is -0.125. The van der Waals surface area contributed by atoms with Crippen LogP contribution in [0.4, 0.5) is 0 Å². The fraction of sp³-hybridized carbons (Fsp3) is 0.353. The molecule has 1 aromatic heterocycles. The lowest BCUT2D eigenvalue weighted by Gasteiger charge is -2.07. The number of benzene rings is 1. The average Bonchev–Trinajstić information content (AvgIpc) is 2.58. The SMILES string of the molecule is CCOCC(=O)NCCOc1ccc(-c2ccc(C)cc2)nn1. The van der Waals surface area contributed by atoms with Crippen LogP contribution >= 0.6 is 0 Å². The number of amides is 1. The molecular formula is C17H21N3O3. The number of nitrogens with zero attached hydrogens (tertiary/aromatic N) is 2. The molecule has 0 bridgehead atoms. The van der Waals surface area contributed by atoms with E-state index in [4.69, 9.17) is 9.47 Å². The van der Waals surface area contributed by atoms with Gasteiger partial charge in [0.05, 0.1) is 12.2 Å². The van der Waals surface area contributed by atoms with Crippen molar-refractivity contribution in [2.75, 3.05) is 26.4 Å². The number of ether oxygens (including phenoxy) is 2. The number of aromatic nitrogens is 2. The molecule has 0 fully saturated rings. The Morgan fingerprint density at radius 3 is 2.57 bits per heavy atom. The number of hydrogen-bond donors (Lipinski definition) is 1. The molecule has 1 N–H and O–H groups in total. The summed E-state index contributed by atoms with van der Waals surface area (Å²) in [6, 6.07) is 11.7. The molecule has 6 heteroatoms. The molecule has 0 unspecified atom stereocenters. The topological polar surface area (TPSA) is 73.3 Å². The van der Waals surface area contributed by atoms with Crippen LogP contribution in [0, 0.1) is 6.92 Å². The molecule has 122 valence electrons. The lowest BCUT2D eigenvalue weighted by Crippen LogP contribution is -2.31. The number of rotatable bonds is 8. The summed E-state index contributed by atoms with van der Waals surface area (Å²) < 4.78 is 10.4. The predicted octanol–water partition coefficient (Wildman–Crippen LogP) is 1.98. The Bertz CT molecular complexity index is 612. The summed E-state index contributed by atoms with van der Waals surface area (Å²) in [5.74, 6) is 0.274. The summed E-state index contributed by atoms with van der Waals surface area (Å²) >= 11 is 0. The van der Waals surface area contributed by atoms with Gasteiger partial charge in [0.15, 0.2) is 0 Å². The Labute approximate surface area is 135 Å². The van der Waals surface area contributed by atoms with Gasteiger partial charge in [-0.2, -0.15) is 0 Å². The molecule has 0 atom stereocenters. The first-order valence-electron chi connectivity index (χ1n) is 7.57. The Morgan fingerprint density at radius 1 is 1.13 bits per heavy atom. The van der Waals surface area contributed by atoms with E-state index in [0.717, 1.165) is 11.3 Å². The predicted molar refractivity (Wildman–Crippen MR) is 87.2 cm³/mol. The van der Waals surface area contributed by atoms with Gasteiger partial charge in [-0.15, -0.1) is 10.2 Å². The number of carbonyl (C=O) groups excluding carboxylic acids is 1. The van der Waals surface area contributed by atoms with Crippen LogP contribution in [0.1, 0.15) is 12.5 Å².